The van der Waals surface area contributed by atoms with Crippen molar-refractivity contribution in [2.24, 2.45) is 0 Å². The van der Waals surface area contributed by atoms with Gasteiger partial charge in [-0.1, -0.05) is 50.3 Å². The molecule has 0 radical (unpaired) electrons. The monoisotopic (exact) mass is 188 g/mol. The molecule has 0 N–H and O–H groups in total. The molecule has 0 amide bonds. The number of hydrogen-bond acceptors (Lipinski definition) is 0. The molecule has 0 heterocycles. The van der Waals surface area contributed by atoms with Crippen molar-refractivity contribution in [2.45, 2.75) is 40.5 Å². The molecule has 0 unspecified atom stereocenters. The minimum Gasteiger partial charge on any atom is -0.0979 e. The van der Waals surface area contributed by atoms with Gasteiger partial charge in [0.15, 0.2) is 0 Å². The summed E-state index contributed by atoms with van der Waals surface area (Å²) in [5, 5.41) is 0. The lowest BCUT2D eigenvalue weighted by Gasteiger charge is -1.90. The first-order chi connectivity index (χ1) is 6.83. The SMILES string of the molecule is CC.CCCC#Cc1ccc(C)cc1. The van der Waals surface area contributed by atoms with Gasteiger partial charge in [0, 0.05) is 12.0 Å². The Morgan fingerprint density at radius 2 is 1.64 bits per heavy atom. The predicted octanol–water partition coefficient (Wildman–Crippen LogP) is 4.17. The number of hydrogen-bond donors (Lipinski definition) is 0. The molecule has 0 aliphatic heterocycles. The molecular formula is C14H20. The lowest BCUT2D eigenvalue weighted by atomic mass is 10.1. The average molecular weight is 188 g/mol. The summed E-state index contributed by atoms with van der Waals surface area (Å²) < 4.78 is 0. The second-order valence-electron chi connectivity index (χ2n) is 2.92. The van der Waals surface area contributed by atoms with Crippen LogP contribution in [-0.4, -0.2) is 0 Å². The van der Waals surface area contributed by atoms with Crippen molar-refractivity contribution in [2.75, 3.05) is 0 Å². The molecule has 0 nitrogen and oxygen atoms in total. The second-order valence-corrected chi connectivity index (χ2v) is 2.92. The third-order valence-corrected chi connectivity index (χ3v) is 1.66. The zero-order valence-corrected chi connectivity index (χ0v) is 9.72. The van der Waals surface area contributed by atoms with Gasteiger partial charge in [0.1, 0.15) is 0 Å². The summed E-state index contributed by atoms with van der Waals surface area (Å²) >= 11 is 0. The number of rotatable bonds is 1. The maximum Gasteiger partial charge on any atom is 0.0245 e. The summed E-state index contributed by atoms with van der Waals surface area (Å²) in [6, 6.07) is 8.32. The lowest BCUT2D eigenvalue weighted by molar-refractivity contribution is 0.983. The molecule has 1 aromatic carbocycles. The molecule has 0 aliphatic carbocycles. The fourth-order valence-electron chi connectivity index (χ4n) is 0.926. The van der Waals surface area contributed by atoms with E-state index in [9.17, 15) is 0 Å². The van der Waals surface area contributed by atoms with Crippen LogP contribution >= 0.6 is 0 Å². The molecule has 14 heavy (non-hydrogen) atoms. The van der Waals surface area contributed by atoms with Crippen LogP contribution in [0.3, 0.4) is 0 Å². The van der Waals surface area contributed by atoms with Gasteiger partial charge in [0.2, 0.25) is 0 Å². The van der Waals surface area contributed by atoms with Crippen molar-refractivity contribution in [1.29, 1.82) is 0 Å². The Bertz CT molecular complexity index is 282. The maximum absolute atomic E-state index is 3.12. The lowest BCUT2D eigenvalue weighted by Crippen LogP contribution is -1.74. The normalized spacial score (nSPS) is 8.00. The van der Waals surface area contributed by atoms with Crippen molar-refractivity contribution >= 4 is 0 Å². The van der Waals surface area contributed by atoms with Crippen molar-refractivity contribution in [3.8, 4) is 11.8 Å². The summed E-state index contributed by atoms with van der Waals surface area (Å²) in [7, 11) is 0. The van der Waals surface area contributed by atoms with Crippen LogP contribution in [0.2, 0.25) is 0 Å². The highest BCUT2D eigenvalue weighted by Gasteiger charge is 1.84. The molecule has 0 spiro atoms. The average Bonchev–Trinajstić information content (AvgIpc) is 2.24. The van der Waals surface area contributed by atoms with Gasteiger partial charge >= 0.3 is 0 Å². The standard InChI is InChI=1S/C12H14.C2H6/c1-3-4-5-6-12-9-7-11(2)8-10-12;1-2/h7-10H,3-4H2,1-2H3;1-2H3. The van der Waals surface area contributed by atoms with E-state index in [1.807, 2.05) is 13.8 Å². The van der Waals surface area contributed by atoms with E-state index in [2.05, 4.69) is 50.0 Å². The molecule has 0 atom stereocenters. The van der Waals surface area contributed by atoms with Gasteiger partial charge in [-0.15, -0.1) is 0 Å². The van der Waals surface area contributed by atoms with E-state index in [1.54, 1.807) is 0 Å². The second kappa shape index (κ2) is 8.38. The summed E-state index contributed by atoms with van der Waals surface area (Å²) in [6.45, 7) is 8.23. The largest absolute Gasteiger partial charge is 0.0979 e. The van der Waals surface area contributed by atoms with E-state index in [-0.39, 0.29) is 0 Å². The van der Waals surface area contributed by atoms with E-state index in [0.29, 0.717) is 0 Å². The Kier molecular flexibility index (Phi) is 7.65. The quantitative estimate of drug-likeness (QED) is 0.580. The molecule has 76 valence electrons. The predicted molar refractivity (Wildman–Crippen MR) is 64.3 cm³/mol. The van der Waals surface area contributed by atoms with Gasteiger partial charge in [-0.3, -0.25) is 0 Å². The first kappa shape index (κ1) is 12.8. The Morgan fingerprint density at radius 1 is 1.07 bits per heavy atom. The van der Waals surface area contributed by atoms with Crippen molar-refractivity contribution in [3.63, 3.8) is 0 Å². The van der Waals surface area contributed by atoms with Crippen LogP contribution in [0.1, 0.15) is 44.7 Å². The van der Waals surface area contributed by atoms with Crippen molar-refractivity contribution < 1.29 is 0 Å². The summed E-state index contributed by atoms with van der Waals surface area (Å²) in [5.74, 6) is 6.24. The number of benzene rings is 1. The van der Waals surface area contributed by atoms with Gasteiger partial charge in [-0.25, -0.2) is 0 Å². The van der Waals surface area contributed by atoms with E-state index in [4.69, 9.17) is 0 Å². The molecule has 0 heteroatoms. The highest BCUT2D eigenvalue weighted by molar-refractivity contribution is 5.35. The number of aryl methyl sites for hydroxylation is 1. The zero-order chi connectivity index (χ0) is 10.8. The Labute approximate surface area is 88.4 Å². The Morgan fingerprint density at radius 3 is 2.14 bits per heavy atom. The van der Waals surface area contributed by atoms with E-state index < -0.39 is 0 Å². The van der Waals surface area contributed by atoms with Gasteiger partial charge in [-0.2, -0.15) is 0 Å². The Hall–Kier alpha value is -1.22. The van der Waals surface area contributed by atoms with Gasteiger partial charge in [0.05, 0.1) is 0 Å². The highest BCUT2D eigenvalue weighted by Crippen LogP contribution is 2.00. The molecule has 0 saturated heterocycles. The van der Waals surface area contributed by atoms with Crippen LogP contribution in [0.15, 0.2) is 24.3 Å². The molecule has 1 rings (SSSR count). The maximum atomic E-state index is 3.12. The smallest absolute Gasteiger partial charge is 0.0245 e. The zero-order valence-electron chi connectivity index (χ0n) is 9.72. The fourth-order valence-corrected chi connectivity index (χ4v) is 0.926. The molecule has 1 aromatic rings. The molecule has 0 bridgehead atoms. The molecular weight excluding hydrogens is 168 g/mol. The minimum absolute atomic E-state index is 0.994. The topological polar surface area (TPSA) is 0 Å². The van der Waals surface area contributed by atoms with Crippen molar-refractivity contribution in [3.05, 3.63) is 35.4 Å². The fraction of sp³-hybridized carbons (Fsp3) is 0.429. The number of unbranched alkanes of at least 4 members (excludes halogenated alkanes) is 1. The van der Waals surface area contributed by atoms with Crippen LogP contribution in [0.25, 0.3) is 0 Å². The van der Waals surface area contributed by atoms with Crippen LogP contribution in [0.4, 0.5) is 0 Å². The molecule has 0 aliphatic rings. The summed E-state index contributed by atoms with van der Waals surface area (Å²) in [4.78, 5) is 0. The van der Waals surface area contributed by atoms with Crippen LogP contribution < -0.4 is 0 Å². The van der Waals surface area contributed by atoms with Crippen molar-refractivity contribution in [1.82, 2.24) is 0 Å². The van der Waals surface area contributed by atoms with Gasteiger partial charge in [-0.05, 0) is 25.5 Å². The minimum atomic E-state index is 0.994. The Balaban J connectivity index is 0.000000791. The van der Waals surface area contributed by atoms with Gasteiger partial charge in [0.25, 0.3) is 0 Å². The van der Waals surface area contributed by atoms with E-state index in [1.165, 1.54) is 5.56 Å². The third-order valence-electron chi connectivity index (χ3n) is 1.66. The summed E-state index contributed by atoms with van der Waals surface area (Å²) in [5.41, 5.74) is 2.41. The van der Waals surface area contributed by atoms with Crippen LogP contribution in [0.5, 0.6) is 0 Å². The third kappa shape index (κ3) is 5.43. The first-order valence-corrected chi connectivity index (χ1v) is 5.38. The highest BCUT2D eigenvalue weighted by atomic mass is 13.9. The molecule has 0 fully saturated rings. The van der Waals surface area contributed by atoms with Crippen LogP contribution in [0, 0.1) is 18.8 Å². The van der Waals surface area contributed by atoms with E-state index in [0.717, 1.165) is 18.4 Å². The molecule has 0 aromatic heterocycles. The van der Waals surface area contributed by atoms with Gasteiger partial charge < -0.3 is 0 Å². The summed E-state index contributed by atoms with van der Waals surface area (Å²) in [6.07, 6.45) is 2.13. The molecule has 0 saturated carbocycles. The van der Waals surface area contributed by atoms with E-state index >= 15 is 0 Å². The van der Waals surface area contributed by atoms with Crippen LogP contribution in [-0.2, 0) is 0 Å². The first-order valence-electron chi connectivity index (χ1n) is 5.38.